The fourth-order valence-corrected chi connectivity index (χ4v) is 4.44. The van der Waals surface area contributed by atoms with E-state index in [2.05, 4.69) is 34.2 Å². The second-order valence-electron chi connectivity index (χ2n) is 8.41. The van der Waals surface area contributed by atoms with Crippen molar-refractivity contribution in [2.75, 3.05) is 26.2 Å². The zero-order chi connectivity index (χ0) is 21.0. The van der Waals surface area contributed by atoms with Gasteiger partial charge in [0.1, 0.15) is 6.10 Å². The zero-order valence-corrected chi connectivity index (χ0v) is 17.6. The summed E-state index contributed by atoms with van der Waals surface area (Å²) >= 11 is 0. The number of aliphatic hydroxyl groups is 2. The van der Waals surface area contributed by atoms with Crippen molar-refractivity contribution in [3.05, 3.63) is 35.4 Å². The van der Waals surface area contributed by atoms with Crippen molar-refractivity contribution in [1.29, 1.82) is 0 Å². The molecule has 29 heavy (non-hydrogen) atoms. The highest BCUT2D eigenvalue weighted by molar-refractivity contribution is 5.74. The second-order valence-corrected chi connectivity index (χ2v) is 8.41. The van der Waals surface area contributed by atoms with Crippen molar-refractivity contribution >= 4 is 6.03 Å². The molecule has 2 aliphatic rings. The number of rotatable bonds is 3. The van der Waals surface area contributed by atoms with E-state index in [0.717, 1.165) is 37.1 Å². The lowest BCUT2D eigenvalue weighted by Gasteiger charge is -2.57. The first-order chi connectivity index (χ1) is 13.9. The number of benzene rings is 1. The van der Waals surface area contributed by atoms with Crippen LogP contribution in [0.4, 0.5) is 4.79 Å². The lowest BCUT2D eigenvalue weighted by atomic mass is 9.74. The van der Waals surface area contributed by atoms with Crippen molar-refractivity contribution in [1.82, 2.24) is 15.1 Å². The topological polar surface area (TPSA) is 76.0 Å². The number of fused-ring (bicyclic) bond motifs is 1. The molecule has 158 valence electrons. The summed E-state index contributed by atoms with van der Waals surface area (Å²) in [6.45, 7) is 8.11. The summed E-state index contributed by atoms with van der Waals surface area (Å²) in [6.07, 6.45) is 1.36. The van der Waals surface area contributed by atoms with Gasteiger partial charge in [0.2, 0.25) is 0 Å². The van der Waals surface area contributed by atoms with Crippen molar-refractivity contribution in [2.24, 2.45) is 0 Å². The number of hydrogen-bond donors (Lipinski definition) is 3. The highest BCUT2D eigenvalue weighted by atomic mass is 16.3. The molecule has 2 fully saturated rings. The van der Waals surface area contributed by atoms with E-state index < -0.39 is 6.10 Å². The van der Waals surface area contributed by atoms with E-state index in [1.54, 1.807) is 6.92 Å². The van der Waals surface area contributed by atoms with Crippen molar-refractivity contribution < 1.29 is 15.0 Å². The Hall–Kier alpha value is -2.07. The minimum absolute atomic E-state index is 0.00297. The molecule has 1 aromatic carbocycles. The number of carbonyl (C=O) groups excluding carboxylic acids is 1. The third-order valence-electron chi connectivity index (χ3n) is 5.79. The molecule has 0 bridgehead atoms. The molecule has 6 nitrogen and oxygen atoms in total. The minimum atomic E-state index is -0.647. The van der Waals surface area contributed by atoms with Gasteiger partial charge in [0.15, 0.2) is 0 Å². The number of hydrogen-bond acceptors (Lipinski definition) is 4. The molecule has 2 heterocycles. The number of amides is 2. The fraction of sp³-hybridized carbons (Fsp3) is 0.609. The van der Waals surface area contributed by atoms with E-state index in [0.29, 0.717) is 6.54 Å². The smallest absolute Gasteiger partial charge is 0.317 e. The molecule has 2 amide bonds. The van der Waals surface area contributed by atoms with Gasteiger partial charge in [-0.15, -0.1) is 0 Å². The van der Waals surface area contributed by atoms with Crippen LogP contribution in [0.5, 0.6) is 0 Å². The molecule has 0 aliphatic carbocycles. The predicted molar refractivity (Wildman–Crippen MR) is 114 cm³/mol. The third-order valence-corrected chi connectivity index (χ3v) is 5.79. The van der Waals surface area contributed by atoms with E-state index in [4.69, 9.17) is 0 Å². The van der Waals surface area contributed by atoms with E-state index >= 15 is 0 Å². The fourth-order valence-electron chi connectivity index (χ4n) is 4.44. The van der Waals surface area contributed by atoms with Crippen LogP contribution in [-0.2, 0) is 0 Å². The Morgan fingerprint density at radius 1 is 1.21 bits per heavy atom. The maximum atomic E-state index is 12.6. The number of nitrogens with one attached hydrogen (secondary N) is 1. The molecule has 0 saturated carbocycles. The van der Waals surface area contributed by atoms with E-state index in [1.165, 1.54) is 0 Å². The Morgan fingerprint density at radius 2 is 1.90 bits per heavy atom. The van der Waals surface area contributed by atoms with Gasteiger partial charge in [0.05, 0.1) is 6.61 Å². The monoisotopic (exact) mass is 399 g/mol. The summed E-state index contributed by atoms with van der Waals surface area (Å²) in [5.74, 6) is 5.91. The molecule has 0 radical (unpaired) electrons. The maximum Gasteiger partial charge on any atom is 0.317 e. The zero-order valence-electron chi connectivity index (χ0n) is 17.6. The maximum absolute atomic E-state index is 12.6. The van der Waals surface area contributed by atoms with Gasteiger partial charge < -0.3 is 20.4 Å². The average Bonchev–Trinajstić information content (AvgIpc) is 2.65. The highest BCUT2D eigenvalue weighted by Gasteiger charge is 2.49. The van der Waals surface area contributed by atoms with Gasteiger partial charge in [-0.3, -0.25) is 4.90 Å². The second kappa shape index (κ2) is 9.62. The number of aliphatic hydroxyl groups excluding tert-OH is 2. The first-order valence-corrected chi connectivity index (χ1v) is 10.6. The quantitative estimate of drug-likeness (QED) is 0.677. The number of carbonyl (C=O) groups is 1. The Balaban J connectivity index is 1.78. The summed E-state index contributed by atoms with van der Waals surface area (Å²) < 4.78 is 0. The van der Waals surface area contributed by atoms with Crippen LogP contribution in [-0.4, -0.2) is 76.5 Å². The van der Waals surface area contributed by atoms with Crippen LogP contribution in [0.25, 0.3) is 0 Å². The highest BCUT2D eigenvalue weighted by Crippen LogP contribution is 2.41. The van der Waals surface area contributed by atoms with Crippen LogP contribution in [0, 0.1) is 11.8 Å². The molecular weight excluding hydrogens is 366 g/mol. The van der Waals surface area contributed by atoms with Crippen molar-refractivity contribution in [3.63, 3.8) is 0 Å². The molecule has 4 atom stereocenters. The Bertz CT molecular complexity index is 751. The molecule has 2 aliphatic heterocycles. The van der Waals surface area contributed by atoms with Crippen LogP contribution in [0.2, 0.25) is 0 Å². The van der Waals surface area contributed by atoms with Crippen molar-refractivity contribution in [3.8, 4) is 11.8 Å². The Labute approximate surface area is 173 Å². The number of urea groups is 1. The van der Waals surface area contributed by atoms with Gasteiger partial charge in [-0.05, 0) is 57.9 Å². The van der Waals surface area contributed by atoms with Gasteiger partial charge in [0.25, 0.3) is 0 Å². The summed E-state index contributed by atoms with van der Waals surface area (Å²) in [7, 11) is 0. The predicted octanol–water partition coefficient (Wildman–Crippen LogP) is 1.76. The molecule has 0 spiro atoms. The minimum Gasteiger partial charge on any atom is -0.395 e. The van der Waals surface area contributed by atoms with Crippen LogP contribution >= 0.6 is 0 Å². The molecule has 2 saturated heterocycles. The Morgan fingerprint density at radius 3 is 2.52 bits per heavy atom. The molecule has 0 unspecified atom stereocenters. The molecule has 3 rings (SSSR count). The molecule has 1 aromatic rings. The van der Waals surface area contributed by atoms with Gasteiger partial charge in [-0.1, -0.05) is 24.0 Å². The average molecular weight is 400 g/mol. The Kier molecular flexibility index (Phi) is 7.18. The summed E-state index contributed by atoms with van der Waals surface area (Å²) in [5.41, 5.74) is 2.03. The lowest BCUT2D eigenvalue weighted by molar-refractivity contribution is -0.0591. The molecular formula is C23H33N3O3. The van der Waals surface area contributed by atoms with Crippen LogP contribution < -0.4 is 5.32 Å². The number of nitrogens with zero attached hydrogens (tertiary/aromatic N) is 2. The van der Waals surface area contributed by atoms with Crippen LogP contribution in [0.15, 0.2) is 24.3 Å². The van der Waals surface area contributed by atoms with Gasteiger partial charge in [0, 0.05) is 42.7 Å². The van der Waals surface area contributed by atoms with Crippen molar-refractivity contribution in [2.45, 2.75) is 63.8 Å². The molecule has 0 aromatic heterocycles. The van der Waals surface area contributed by atoms with Gasteiger partial charge in [-0.25, -0.2) is 4.79 Å². The van der Waals surface area contributed by atoms with E-state index in [9.17, 15) is 15.0 Å². The molecule has 3 N–H and O–H groups in total. The summed E-state index contributed by atoms with van der Waals surface area (Å²) in [4.78, 5) is 16.9. The first-order valence-electron chi connectivity index (χ1n) is 10.6. The standard InChI is InChI=1S/C23H33N3O3/c1-16(2)24-23(29)25-12-4-5-13-26-20(14-25)22(21(26)15-27)19-10-8-18(9-11-19)7-6-17(3)28/h8-11,16-17,20-22,27-28H,4-5,12-15H2,1-3H3,(H,24,29)/t17-,20+,21-,22+/m0/s1. The summed E-state index contributed by atoms with van der Waals surface area (Å²) in [6, 6.07) is 8.46. The lowest BCUT2D eigenvalue weighted by Crippen LogP contribution is -2.68. The largest absolute Gasteiger partial charge is 0.395 e. The molecule has 6 heteroatoms. The van der Waals surface area contributed by atoms with E-state index in [1.807, 2.05) is 30.9 Å². The van der Waals surface area contributed by atoms with Gasteiger partial charge in [-0.2, -0.15) is 0 Å². The van der Waals surface area contributed by atoms with E-state index in [-0.39, 0.29) is 36.7 Å². The third kappa shape index (κ3) is 5.11. The first kappa shape index (κ1) is 21.6. The normalized spacial score (nSPS) is 25.7. The van der Waals surface area contributed by atoms with Crippen LogP contribution in [0.3, 0.4) is 0 Å². The van der Waals surface area contributed by atoms with Crippen LogP contribution in [0.1, 0.15) is 50.7 Å². The summed E-state index contributed by atoms with van der Waals surface area (Å²) in [5, 5.41) is 22.4. The van der Waals surface area contributed by atoms with Gasteiger partial charge >= 0.3 is 6.03 Å². The SMILES string of the molecule is CC(C)NC(=O)N1CCCCN2[C@H](C1)[C@@H](c1ccc(C#C[C@H](C)O)cc1)[C@@H]2CO.